The minimum absolute atomic E-state index is 0.206. The summed E-state index contributed by atoms with van der Waals surface area (Å²) in [5, 5.41) is 3.37. The van der Waals surface area contributed by atoms with E-state index in [-0.39, 0.29) is 11.4 Å². The van der Waals surface area contributed by atoms with Gasteiger partial charge in [-0.2, -0.15) is 0 Å². The molecular formula is C13H17ClN2O2. The number of hydrogen-bond acceptors (Lipinski definition) is 3. The van der Waals surface area contributed by atoms with Crippen molar-refractivity contribution in [3.05, 3.63) is 28.8 Å². The molecule has 1 unspecified atom stereocenters. The maximum atomic E-state index is 12.2. The highest BCUT2D eigenvalue weighted by Gasteiger charge is 2.30. The van der Waals surface area contributed by atoms with Crippen LogP contribution in [0.1, 0.15) is 30.1 Å². The third-order valence-corrected chi connectivity index (χ3v) is 3.48. The second-order valence-electron chi connectivity index (χ2n) is 4.87. The molecule has 0 spiro atoms. The van der Waals surface area contributed by atoms with E-state index >= 15 is 0 Å². The number of benzene rings is 1. The number of nitrogen functional groups attached to an aromatic ring is 1. The SMILES string of the molecule is CC1(NC(=O)c2cccc(Cl)c2N)CCCOC1. The number of carbonyl (C=O) groups excluding carboxylic acids is 1. The molecule has 0 saturated carbocycles. The molecule has 98 valence electrons. The number of ether oxygens (including phenoxy) is 1. The van der Waals surface area contributed by atoms with Crippen LogP contribution in [0.3, 0.4) is 0 Å². The summed E-state index contributed by atoms with van der Waals surface area (Å²) in [5.74, 6) is -0.206. The first-order valence-electron chi connectivity index (χ1n) is 5.96. The average molecular weight is 269 g/mol. The molecule has 0 radical (unpaired) electrons. The highest BCUT2D eigenvalue weighted by molar-refractivity contribution is 6.33. The number of halogens is 1. The minimum Gasteiger partial charge on any atom is -0.397 e. The molecule has 18 heavy (non-hydrogen) atoms. The van der Waals surface area contributed by atoms with Gasteiger partial charge < -0.3 is 15.8 Å². The van der Waals surface area contributed by atoms with Crippen molar-refractivity contribution in [2.24, 2.45) is 0 Å². The summed E-state index contributed by atoms with van der Waals surface area (Å²) in [7, 11) is 0. The lowest BCUT2D eigenvalue weighted by Gasteiger charge is -2.34. The van der Waals surface area contributed by atoms with Gasteiger partial charge in [-0.3, -0.25) is 4.79 Å². The van der Waals surface area contributed by atoms with E-state index in [1.54, 1.807) is 18.2 Å². The normalized spacial score (nSPS) is 23.7. The van der Waals surface area contributed by atoms with Gasteiger partial charge in [-0.05, 0) is 31.9 Å². The number of para-hydroxylation sites is 1. The molecule has 4 nitrogen and oxygen atoms in total. The highest BCUT2D eigenvalue weighted by atomic mass is 35.5. The number of rotatable bonds is 2. The fourth-order valence-electron chi connectivity index (χ4n) is 2.11. The Balaban J connectivity index is 2.14. The van der Waals surface area contributed by atoms with Crippen LogP contribution in [0.15, 0.2) is 18.2 Å². The van der Waals surface area contributed by atoms with Crippen molar-refractivity contribution in [3.63, 3.8) is 0 Å². The topological polar surface area (TPSA) is 64.4 Å². The number of nitrogens with two attached hydrogens (primary N) is 1. The lowest BCUT2D eigenvalue weighted by molar-refractivity contribution is 0.0273. The molecular weight excluding hydrogens is 252 g/mol. The summed E-state index contributed by atoms with van der Waals surface area (Å²) in [6, 6.07) is 5.05. The van der Waals surface area contributed by atoms with Crippen molar-refractivity contribution in [2.45, 2.75) is 25.3 Å². The molecule has 1 saturated heterocycles. The van der Waals surface area contributed by atoms with E-state index in [4.69, 9.17) is 22.1 Å². The van der Waals surface area contributed by atoms with E-state index < -0.39 is 0 Å². The monoisotopic (exact) mass is 268 g/mol. The number of nitrogens with one attached hydrogen (secondary N) is 1. The molecule has 3 N–H and O–H groups in total. The Labute approximate surface area is 111 Å². The Morgan fingerprint density at radius 1 is 1.56 bits per heavy atom. The van der Waals surface area contributed by atoms with Gasteiger partial charge in [-0.25, -0.2) is 0 Å². The van der Waals surface area contributed by atoms with Crippen molar-refractivity contribution in [1.82, 2.24) is 5.32 Å². The number of hydrogen-bond donors (Lipinski definition) is 2. The Bertz CT molecular complexity index is 456. The van der Waals surface area contributed by atoms with Gasteiger partial charge in [0.2, 0.25) is 0 Å². The first-order valence-corrected chi connectivity index (χ1v) is 6.34. The van der Waals surface area contributed by atoms with Crippen LogP contribution in [0.5, 0.6) is 0 Å². The van der Waals surface area contributed by atoms with Crippen LogP contribution in [0.2, 0.25) is 5.02 Å². The van der Waals surface area contributed by atoms with Crippen LogP contribution in [0.4, 0.5) is 5.69 Å². The van der Waals surface area contributed by atoms with Gasteiger partial charge in [0.05, 0.1) is 28.4 Å². The van der Waals surface area contributed by atoms with Crippen molar-refractivity contribution in [3.8, 4) is 0 Å². The van der Waals surface area contributed by atoms with E-state index in [0.717, 1.165) is 19.4 Å². The summed E-state index contributed by atoms with van der Waals surface area (Å²) in [6.07, 6.45) is 1.85. The second kappa shape index (κ2) is 5.16. The fraction of sp³-hybridized carbons (Fsp3) is 0.462. The molecule has 2 rings (SSSR count). The standard InChI is InChI=1S/C13H17ClN2O2/c1-13(6-3-7-18-8-13)16-12(17)9-4-2-5-10(14)11(9)15/h2,4-5H,3,6-8,15H2,1H3,(H,16,17). The molecule has 1 atom stereocenters. The highest BCUT2D eigenvalue weighted by Crippen LogP contribution is 2.24. The smallest absolute Gasteiger partial charge is 0.253 e. The minimum atomic E-state index is -0.329. The van der Waals surface area contributed by atoms with Crippen LogP contribution in [0.25, 0.3) is 0 Å². The zero-order chi connectivity index (χ0) is 13.2. The van der Waals surface area contributed by atoms with E-state index in [2.05, 4.69) is 5.32 Å². The largest absolute Gasteiger partial charge is 0.397 e. The fourth-order valence-corrected chi connectivity index (χ4v) is 2.28. The predicted octanol–water partition coefficient (Wildman–Crippen LogP) is 2.22. The van der Waals surface area contributed by atoms with Gasteiger partial charge in [0.1, 0.15) is 0 Å². The molecule has 0 bridgehead atoms. The van der Waals surface area contributed by atoms with Gasteiger partial charge in [0, 0.05) is 6.61 Å². The summed E-state index contributed by atoms with van der Waals surface area (Å²) in [4.78, 5) is 12.2. The zero-order valence-electron chi connectivity index (χ0n) is 10.3. The van der Waals surface area contributed by atoms with Gasteiger partial charge in [0.15, 0.2) is 0 Å². The molecule has 1 aliphatic heterocycles. The molecule has 0 aromatic heterocycles. The summed E-state index contributed by atoms with van der Waals surface area (Å²) in [6.45, 7) is 3.26. The Morgan fingerprint density at radius 3 is 3.00 bits per heavy atom. The first kappa shape index (κ1) is 13.2. The zero-order valence-corrected chi connectivity index (χ0v) is 11.1. The first-order chi connectivity index (χ1) is 8.52. The summed E-state index contributed by atoms with van der Waals surface area (Å²) >= 11 is 5.91. The second-order valence-corrected chi connectivity index (χ2v) is 5.28. The molecule has 1 aromatic rings. The lowest BCUT2D eigenvalue weighted by Crippen LogP contribution is -2.51. The molecule has 1 aliphatic rings. The van der Waals surface area contributed by atoms with Crippen LogP contribution in [0, 0.1) is 0 Å². The van der Waals surface area contributed by atoms with E-state index in [1.165, 1.54) is 0 Å². The van der Waals surface area contributed by atoms with Gasteiger partial charge in [-0.15, -0.1) is 0 Å². The quantitative estimate of drug-likeness (QED) is 0.809. The third kappa shape index (κ3) is 2.76. The molecule has 0 aliphatic carbocycles. The van der Waals surface area contributed by atoms with Crippen LogP contribution < -0.4 is 11.1 Å². The molecule has 5 heteroatoms. The van der Waals surface area contributed by atoms with Crippen LogP contribution in [-0.4, -0.2) is 24.7 Å². The predicted molar refractivity (Wildman–Crippen MR) is 71.8 cm³/mol. The van der Waals surface area contributed by atoms with Crippen LogP contribution >= 0.6 is 11.6 Å². The van der Waals surface area contributed by atoms with E-state index in [1.807, 2.05) is 6.92 Å². The van der Waals surface area contributed by atoms with Crippen molar-refractivity contribution in [1.29, 1.82) is 0 Å². The number of amides is 1. The third-order valence-electron chi connectivity index (χ3n) is 3.15. The van der Waals surface area contributed by atoms with Gasteiger partial charge in [-0.1, -0.05) is 17.7 Å². The molecule has 1 heterocycles. The Morgan fingerprint density at radius 2 is 2.33 bits per heavy atom. The van der Waals surface area contributed by atoms with E-state index in [0.29, 0.717) is 22.9 Å². The van der Waals surface area contributed by atoms with E-state index in [9.17, 15) is 4.79 Å². The van der Waals surface area contributed by atoms with Crippen molar-refractivity contribution in [2.75, 3.05) is 18.9 Å². The maximum Gasteiger partial charge on any atom is 0.253 e. The molecule has 1 amide bonds. The number of carbonyl (C=O) groups is 1. The van der Waals surface area contributed by atoms with Crippen LogP contribution in [-0.2, 0) is 4.74 Å². The molecule has 1 fully saturated rings. The van der Waals surface area contributed by atoms with Crippen molar-refractivity contribution < 1.29 is 9.53 Å². The summed E-state index contributed by atoms with van der Waals surface area (Å²) in [5.41, 5.74) is 6.21. The van der Waals surface area contributed by atoms with Gasteiger partial charge in [0.25, 0.3) is 5.91 Å². The Hall–Kier alpha value is -1.26. The lowest BCUT2D eigenvalue weighted by atomic mass is 9.94. The Kier molecular flexibility index (Phi) is 3.78. The van der Waals surface area contributed by atoms with Crippen molar-refractivity contribution >= 4 is 23.2 Å². The maximum absolute atomic E-state index is 12.2. The molecule has 1 aromatic carbocycles. The van der Waals surface area contributed by atoms with Gasteiger partial charge >= 0.3 is 0 Å². The number of anilines is 1. The average Bonchev–Trinajstić information content (AvgIpc) is 2.33. The summed E-state index contributed by atoms with van der Waals surface area (Å²) < 4.78 is 5.40.